The van der Waals surface area contributed by atoms with Crippen molar-refractivity contribution in [1.29, 1.82) is 0 Å². The Morgan fingerprint density at radius 2 is 1.81 bits per heavy atom. The molecule has 1 aliphatic heterocycles. The second kappa shape index (κ2) is 11.6. The molecule has 0 spiro atoms. The highest BCUT2D eigenvalue weighted by atomic mass is 16.5. The van der Waals surface area contributed by atoms with E-state index in [0.29, 0.717) is 6.54 Å². The van der Waals surface area contributed by atoms with E-state index < -0.39 is 0 Å². The van der Waals surface area contributed by atoms with Gasteiger partial charge in [0.15, 0.2) is 5.96 Å². The number of carbonyl (C=O) groups is 1. The summed E-state index contributed by atoms with van der Waals surface area (Å²) in [6.07, 6.45) is 0. The Morgan fingerprint density at radius 3 is 2.41 bits per heavy atom. The highest BCUT2D eigenvalue weighted by Crippen LogP contribution is 2.08. The van der Waals surface area contributed by atoms with Gasteiger partial charge in [-0.1, -0.05) is 12.1 Å². The number of ether oxygens (including phenoxy) is 1. The van der Waals surface area contributed by atoms with Gasteiger partial charge in [0, 0.05) is 58.4 Å². The summed E-state index contributed by atoms with van der Waals surface area (Å²) in [5.41, 5.74) is 1.85. The molecule has 2 N–H and O–H groups in total. The minimum atomic E-state index is 0.0834. The molecule has 1 fully saturated rings. The molecule has 150 valence electrons. The van der Waals surface area contributed by atoms with E-state index in [9.17, 15) is 4.79 Å². The normalized spacial score (nSPS) is 15.4. The van der Waals surface area contributed by atoms with Gasteiger partial charge in [0.1, 0.15) is 0 Å². The second-order valence-electron chi connectivity index (χ2n) is 6.48. The van der Waals surface area contributed by atoms with Crippen LogP contribution >= 0.6 is 0 Å². The minimum absolute atomic E-state index is 0.0834. The van der Waals surface area contributed by atoms with Crippen LogP contribution in [0.2, 0.25) is 0 Å². The van der Waals surface area contributed by atoms with Crippen molar-refractivity contribution < 1.29 is 9.53 Å². The largest absolute Gasteiger partial charge is 0.379 e. The maximum absolute atomic E-state index is 12.3. The molecule has 0 unspecified atom stereocenters. The fourth-order valence-electron chi connectivity index (χ4n) is 3.02. The average Bonchev–Trinajstić information content (AvgIpc) is 2.72. The third-order valence-corrected chi connectivity index (χ3v) is 4.76. The highest BCUT2D eigenvalue weighted by Gasteiger charge is 2.12. The summed E-state index contributed by atoms with van der Waals surface area (Å²) >= 11 is 0. The summed E-state index contributed by atoms with van der Waals surface area (Å²) in [6, 6.07) is 7.77. The molecule has 1 saturated heterocycles. The zero-order chi connectivity index (χ0) is 19.5. The molecule has 1 amide bonds. The van der Waals surface area contributed by atoms with Gasteiger partial charge in [-0.25, -0.2) is 0 Å². The molecule has 0 saturated carbocycles. The number of nitrogens with zero attached hydrogens (tertiary/aromatic N) is 3. The van der Waals surface area contributed by atoms with E-state index >= 15 is 0 Å². The van der Waals surface area contributed by atoms with Crippen molar-refractivity contribution in [2.75, 3.05) is 59.5 Å². The van der Waals surface area contributed by atoms with Gasteiger partial charge < -0.3 is 20.3 Å². The monoisotopic (exact) mass is 375 g/mol. The number of nitrogens with one attached hydrogen (secondary N) is 2. The van der Waals surface area contributed by atoms with Crippen LogP contribution < -0.4 is 10.6 Å². The number of benzene rings is 1. The number of guanidine groups is 1. The number of amides is 1. The van der Waals surface area contributed by atoms with Gasteiger partial charge in [-0.2, -0.15) is 0 Å². The lowest BCUT2D eigenvalue weighted by atomic mass is 10.1. The molecule has 0 radical (unpaired) electrons. The van der Waals surface area contributed by atoms with Gasteiger partial charge in [-0.3, -0.25) is 14.7 Å². The Balaban J connectivity index is 1.76. The van der Waals surface area contributed by atoms with Gasteiger partial charge in [0.05, 0.1) is 13.2 Å². The molecule has 7 nitrogen and oxygen atoms in total. The molecule has 27 heavy (non-hydrogen) atoms. The third-order valence-electron chi connectivity index (χ3n) is 4.76. The van der Waals surface area contributed by atoms with Crippen molar-refractivity contribution >= 4 is 11.9 Å². The van der Waals surface area contributed by atoms with Gasteiger partial charge in [0.25, 0.3) is 5.91 Å². The van der Waals surface area contributed by atoms with Crippen molar-refractivity contribution in [3.63, 3.8) is 0 Å². The highest BCUT2D eigenvalue weighted by molar-refractivity contribution is 5.94. The molecule has 0 aliphatic carbocycles. The summed E-state index contributed by atoms with van der Waals surface area (Å²) in [5, 5.41) is 6.66. The number of carbonyl (C=O) groups excluding carboxylic acids is 1. The van der Waals surface area contributed by atoms with E-state index in [1.165, 1.54) is 0 Å². The second-order valence-corrected chi connectivity index (χ2v) is 6.48. The van der Waals surface area contributed by atoms with Crippen LogP contribution in [0.15, 0.2) is 29.3 Å². The fourth-order valence-corrected chi connectivity index (χ4v) is 3.02. The number of hydrogen-bond acceptors (Lipinski definition) is 4. The summed E-state index contributed by atoms with van der Waals surface area (Å²) < 4.78 is 5.36. The summed E-state index contributed by atoms with van der Waals surface area (Å²) in [6.45, 7) is 11.6. The number of morpholine rings is 1. The molecular weight excluding hydrogens is 342 g/mol. The molecule has 2 rings (SSSR count). The topological polar surface area (TPSA) is 69.2 Å². The Morgan fingerprint density at radius 1 is 1.15 bits per heavy atom. The SMILES string of the molecule is CCN(CC)C(=O)c1ccc(CNC(=NC)NCCN2CCOCC2)cc1. The summed E-state index contributed by atoms with van der Waals surface area (Å²) in [7, 11) is 1.77. The molecule has 0 aromatic heterocycles. The molecule has 0 atom stereocenters. The standard InChI is InChI=1S/C20H33N5O2/c1-4-25(5-2)19(26)18-8-6-17(7-9-18)16-23-20(21-3)22-10-11-24-12-14-27-15-13-24/h6-9H,4-5,10-16H2,1-3H3,(H2,21,22,23). The van der Waals surface area contributed by atoms with Gasteiger partial charge in [-0.15, -0.1) is 0 Å². The lowest BCUT2D eigenvalue weighted by Gasteiger charge is -2.26. The van der Waals surface area contributed by atoms with E-state index in [1.54, 1.807) is 7.05 Å². The Labute approximate surface area is 162 Å². The van der Waals surface area contributed by atoms with Crippen LogP contribution in [0.25, 0.3) is 0 Å². The molecule has 1 aromatic carbocycles. The predicted molar refractivity (Wildman–Crippen MR) is 109 cm³/mol. The number of rotatable bonds is 8. The van der Waals surface area contributed by atoms with Crippen LogP contribution in [-0.4, -0.2) is 81.2 Å². The third kappa shape index (κ3) is 6.84. The Kier molecular flexibility index (Phi) is 9.07. The van der Waals surface area contributed by atoms with Gasteiger partial charge in [-0.05, 0) is 31.5 Å². The minimum Gasteiger partial charge on any atom is -0.379 e. The number of aliphatic imine (C=N–C) groups is 1. The van der Waals surface area contributed by atoms with Crippen LogP contribution in [0, 0.1) is 0 Å². The maximum Gasteiger partial charge on any atom is 0.253 e. The zero-order valence-corrected chi connectivity index (χ0v) is 16.8. The van der Waals surface area contributed by atoms with E-state index in [4.69, 9.17) is 4.74 Å². The first-order valence-corrected chi connectivity index (χ1v) is 9.80. The first-order chi connectivity index (χ1) is 13.2. The van der Waals surface area contributed by atoms with Crippen LogP contribution in [-0.2, 0) is 11.3 Å². The quantitative estimate of drug-likeness (QED) is 0.527. The van der Waals surface area contributed by atoms with Crippen molar-refractivity contribution in [1.82, 2.24) is 20.4 Å². The summed E-state index contributed by atoms with van der Waals surface area (Å²) in [4.78, 5) is 20.8. The average molecular weight is 376 g/mol. The van der Waals surface area contributed by atoms with Crippen molar-refractivity contribution in [3.8, 4) is 0 Å². The predicted octanol–water partition coefficient (Wildman–Crippen LogP) is 1.17. The van der Waals surface area contributed by atoms with Crippen LogP contribution in [0.4, 0.5) is 0 Å². The van der Waals surface area contributed by atoms with Crippen LogP contribution in [0.1, 0.15) is 29.8 Å². The van der Waals surface area contributed by atoms with Crippen molar-refractivity contribution in [2.24, 2.45) is 4.99 Å². The molecular formula is C20H33N5O2. The van der Waals surface area contributed by atoms with E-state index in [0.717, 1.165) is 69.6 Å². The van der Waals surface area contributed by atoms with Gasteiger partial charge in [0.2, 0.25) is 0 Å². The smallest absolute Gasteiger partial charge is 0.253 e. The van der Waals surface area contributed by atoms with Crippen LogP contribution in [0.3, 0.4) is 0 Å². The van der Waals surface area contributed by atoms with E-state index in [1.807, 2.05) is 43.0 Å². The van der Waals surface area contributed by atoms with Crippen LogP contribution in [0.5, 0.6) is 0 Å². The fraction of sp³-hybridized carbons (Fsp3) is 0.600. The lowest BCUT2D eigenvalue weighted by Crippen LogP contribution is -2.44. The Bertz CT molecular complexity index is 593. The summed E-state index contributed by atoms with van der Waals surface area (Å²) in [5.74, 6) is 0.867. The lowest BCUT2D eigenvalue weighted by molar-refractivity contribution is 0.0389. The van der Waals surface area contributed by atoms with Gasteiger partial charge >= 0.3 is 0 Å². The Hall–Kier alpha value is -2.12. The molecule has 1 heterocycles. The van der Waals surface area contributed by atoms with Crippen molar-refractivity contribution in [2.45, 2.75) is 20.4 Å². The number of hydrogen-bond donors (Lipinski definition) is 2. The first kappa shape index (κ1) is 21.2. The first-order valence-electron chi connectivity index (χ1n) is 9.80. The molecule has 1 aliphatic rings. The zero-order valence-electron chi connectivity index (χ0n) is 16.8. The van der Waals surface area contributed by atoms with E-state index in [2.05, 4.69) is 20.5 Å². The van der Waals surface area contributed by atoms with Crippen molar-refractivity contribution in [3.05, 3.63) is 35.4 Å². The van der Waals surface area contributed by atoms with E-state index in [-0.39, 0.29) is 5.91 Å². The molecule has 1 aromatic rings. The molecule has 0 bridgehead atoms. The maximum atomic E-state index is 12.3. The molecule has 7 heteroatoms.